The first-order valence-corrected chi connectivity index (χ1v) is 7.21. The summed E-state index contributed by atoms with van der Waals surface area (Å²) in [5.41, 5.74) is 2.69. The van der Waals surface area contributed by atoms with E-state index in [9.17, 15) is 0 Å². The predicted molar refractivity (Wildman–Crippen MR) is 85.0 cm³/mol. The van der Waals surface area contributed by atoms with E-state index >= 15 is 0 Å². The van der Waals surface area contributed by atoms with Gasteiger partial charge in [0.25, 0.3) is 0 Å². The summed E-state index contributed by atoms with van der Waals surface area (Å²) in [6.07, 6.45) is 6.00. The van der Waals surface area contributed by atoms with Crippen LogP contribution in [0.5, 0.6) is 0 Å². The Morgan fingerprint density at radius 3 is 2.76 bits per heavy atom. The van der Waals surface area contributed by atoms with Crippen LogP contribution in [0.15, 0.2) is 53.3 Å². The molecule has 0 spiro atoms. The third-order valence-electron chi connectivity index (χ3n) is 3.98. The molecule has 3 aromatic rings. The molecule has 0 N–H and O–H groups in total. The van der Waals surface area contributed by atoms with Gasteiger partial charge in [-0.25, -0.2) is 4.98 Å². The van der Waals surface area contributed by atoms with Crippen LogP contribution in [0.3, 0.4) is 0 Å². The molecule has 0 saturated carbocycles. The monoisotopic (exact) mass is 279 g/mol. The lowest BCUT2D eigenvalue weighted by Crippen LogP contribution is -2.30. The van der Waals surface area contributed by atoms with Crippen molar-refractivity contribution in [2.45, 2.75) is 19.9 Å². The molecule has 4 rings (SSSR count). The van der Waals surface area contributed by atoms with E-state index in [0.29, 0.717) is 11.8 Å². The highest BCUT2D eigenvalue weighted by Gasteiger charge is 2.20. The minimum atomic E-state index is 0.489. The smallest absolute Gasteiger partial charge is 0.227 e. The van der Waals surface area contributed by atoms with Crippen LogP contribution in [-0.2, 0) is 0 Å². The summed E-state index contributed by atoms with van der Waals surface area (Å²) in [5, 5.41) is 2.19. The topological polar surface area (TPSA) is 32.5 Å². The molecule has 3 heterocycles. The quantitative estimate of drug-likeness (QED) is 0.711. The van der Waals surface area contributed by atoms with Crippen LogP contribution >= 0.6 is 0 Å². The van der Waals surface area contributed by atoms with E-state index in [-0.39, 0.29) is 0 Å². The van der Waals surface area contributed by atoms with Gasteiger partial charge in [0.05, 0.1) is 12.4 Å². The van der Waals surface area contributed by atoms with Crippen LogP contribution in [0.1, 0.15) is 13.8 Å². The minimum Gasteiger partial charge on any atom is -0.436 e. The molecule has 0 saturated heterocycles. The molecule has 1 aliphatic heterocycles. The number of anilines is 1. The third kappa shape index (κ3) is 1.87. The average Bonchev–Trinajstić information content (AvgIpc) is 3.11. The largest absolute Gasteiger partial charge is 0.436 e. The van der Waals surface area contributed by atoms with E-state index < -0.39 is 0 Å². The number of hydrogen-bond acceptors (Lipinski definition) is 4. The summed E-state index contributed by atoms with van der Waals surface area (Å²) >= 11 is 0. The van der Waals surface area contributed by atoms with Crippen molar-refractivity contribution in [3.63, 3.8) is 0 Å². The van der Waals surface area contributed by atoms with Crippen molar-refractivity contribution < 1.29 is 4.42 Å². The molecule has 21 heavy (non-hydrogen) atoms. The minimum absolute atomic E-state index is 0.489. The van der Waals surface area contributed by atoms with Gasteiger partial charge in [0.15, 0.2) is 5.58 Å². The summed E-state index contributed by atoms with van der Waals surface area (Å²) in [6.45, 7) is 5.24. The Balaban J connectivity index is 1.85. The van der Waals surface area contributed by atoms with Crippen LogP contribution in [0, 0.1) is 0 Å². The van der Waals surface area contributed by atoms with Gasteiger partial charge >= 0.3 is 0 Å². The molecule has 0 fully saturated rings. The van der Waals surface area contributed by atoms with Crippen LogP contribution in [0.4, 0.5) is 5.69 Å². The van der Waals surface area contributed by atoms with E-state index in [1.165, 1.54) is 0 Å². The van der Waals surface area contributed by atoms with Gasteiger partial charge in [0, 0.05) is 35.4 Å². The second kappa shape index (κ2) is 4.52. The van der Waals surface area contributed by atoms with Crippen molar-refractivity contribution in [1.29, 1.82) is 0 Å². The molecular formula is C17H17N3O. The normalized spacial score (nSPS) is 15.0. The SMILES string of the molecule is CC(C)N1C=CN(c2cccc3c2oc2ncccc23)C1. The van der Waals surface area contributed by atoms with Crippen molar-refractivity contribution in [1.82, 2.24) is 9.88 Å². The van der Waals surface area contributed by atoms with Gasteiger partial charge in [0.2, 0.25) is 5.71 Å². The Morgan fingerprint density at radius 1 is 1.10 bits per heavy atom. The summed E-state index contributed by atoms with van der Waals surface area (Å²) in [6, 6.07) is 10.7. The second-order valence-electron chi connectivity index (χ2n) is 5.63. The van der Waals surface area contributed by atoms with Crippen molar-refractivity contribution in [3.8, 4) is 0 Å². The average molecular weight is 279 g/mol. The lowest BCUT2D eigenvalue weighted by atomic mass is 10.1. The fraction of sp³-hybridized carbons (Fsp3) is 0.235. The summed E-state index contributed by atoms with van der Waals surface area (Å²) < 4.78 is 5.99. The van der Waals surface area contributed by atoms with E-state index in [1.807, 2.05) is 6.07 Å². The van der Waals surface area contributed by atoms with Crippen LogP contribution in [0.25, 0.3) is 22.1 Å². The molecule has 0 unspecified atom stereocenters. The molecule has 106 valence electrons. The Hall–Kier alpha value is -2.49. The number of benzene rings is 1. The number of fused-ring (bicyclic) bond motifs is 3. The van der Waals surface area contributed by atoms with Crippen molar-refractivity contribution in [3.05, 3.63) is 48.9 Å². The molecule has 1 aromatic carbocycles. The molecule has 0 atom stereocenters. The zero-order valence-corrected chi connectivity index (χ0v) is 12.2. The molecule has 0 radical (unpaired) electrons. The second-order valence-corrected chi connectivity index (χ2v) is 5.63. The fourth-order valence-corrected chi connectivity index (χ4v) is 2.77. The number of rotatable bonds is 2. The van der Waals surface area contributed by atoms with Gasteiger partial charge in [-0.3, -0.25) is 0 Å². The maximum absolute atomic E-state index is 5.99. The molecule has 1 aliphatic rings. The first kappa shape index (κ1) is 12.3. The highest BCUT2D eigenvalue weighted by atomic mass is 16.3. The molecule has 0 bridgehead atoms. The molecular weight excluding hydrogens is 262 g/mol. The highest BCUT2D eigenvalue weighted by molar-refractivity contribution is 6.07. The number of nitrogens with zero attached hydrogens (tertiary/aromatic N) is 3. The Kier molecular flexibility index (Phi) is 2.64. The third-order valence-corrected chi connectivity index (χ3v) is 3.98. The van der Waals surface area contributed by atoms with E-state index in [2.05, 4.69) is 65.3 Å². The van der Waals surface area contributed by atoms with Crippen LogP contribution in [0.2, 0.25) is 0 Å². The van der Waals surface area contributed by atoms with E-state index in [0.717, 1.165) is 28.7 Å². The molecule has 4 heteroatoms. The molecule has 0 aliphatic carbocycles. The number of pyridine rings is 1. The van der Waals surface area contributed by atoms with Gasteiger partial charge in [-0.2, -0.15) is 0 Å². The first-order chi connectivity index (χ1) is 10.2. The maximum Gasteiger partial charge on any atom is 0.227 e. The summed E-state index contributed by atoms with van der Waals surface area (Å²) in [4.78, 5) is 8.82. The summed E-state index contributed by atoms with van der Waals surface area (Å²) in [7, 11) is 0. The Bertz CT molecular complexity index is 834. The maximum atomic E-state index is 5.99. The van der Waals surface area contributed by atoms with Crippen molar-refractivity contribution in [2.75, 3.05) is 11.6 Å². The standard InChI is InChI=1S/C17H17N3O/c1-12(2)19-9-10-20(11-19)15-7-3-5-13-14-6-4-8-18-17(14)21-16(13)15/h3-10,12H,11H2,1-2H3. The number of aromatic nitrogens is 1. The molecule has 0 amide bonds. The first-order valence-electron chi connectivity index (χ1n) is 7.21. The Morgan fingerprint density at radius 2 is 1.95 bits per heavy atom. The van der Waals surface area contributed by atoms with Crippen LogP contribution < -0.4 is 4.90 Å². The van der Waals surface area contributed by atoms with Crippen LogP contribution in [-0.4, -0.2) is 22.6 Å². The molecule has 2 aromatic heterocycles. The predicted octanol–water partition coefficient (Wildman–Crippen LogP) is 3.94. The molecule has 4 nitrogen and oxygen atoms in total. The lowest BCUT2D eigenvalue weighted by molar-refractivity contribution is 0.336. The van der Waals surface area contributed by atoms with E-state index in [4.69, 9.17) is 4.42 Å². The number of para-hydroxylation sites is 1. The summed E-state index contributed by atoms with van der Waals surface area (Å²) in [5.74, 6) is 0. The van der Waals surface area contributed by atoms with Gasteiger partial charge in [-0.05, 0) is 32.0 Å². The van der Waals surface area contributed by atoms with Crippen molar-refractivity contribution in [2.24, 2.45) is 0 Å². The number of furan rings is 1. The Labute approximate surface area is 123 Å². The van der Waals surface area contributed by atoms with Crippen molar-refractivity contribution >= 4 is 27.8 Å². The van der Waals surface area contributed by atoms with Gasteiger partial charge < -0.3 is 14.2 Å². The van der Waals surface area contributed by atoms with E-state index in [1.54, 1.807) is 6.20 Å². The van der Waals surface area contributed by atoms with Gasteiger partial charge in [-0.1, -0.05) is 12.1 Å². The lowest BCUT2D eigenvalue weighted by Gasteiger charge is -2.24. The number of hydrogen-bond donors (Lipinski definition) is 0. The zero-order chi connectivity index (χ0) is 14.4. The van der Waals surface area contributed by atoms with Gasteiger partial charge in [0.1, 0.15) is 0 Å². The zero-order valence-electron chi connectivity index (χ0n) is 12.2. The highest BCUT2D eigenvalue weighted by Crippen LogP contribution is 2.35. The fourth-order valence-electron chi connectivity index (χ4n) is 2.77. The van der Waals surface area contributed by atoms with Gasteiger partial charge in [-0.15, -0.1) is 0 Å².